The fourth-order valence-electron chi connectivity index (χ4n) is 16.0. The molecule has 11 heteroatoms. The summed E-state index contributed by atoms with van der Waals surface area (Å²) in [4.78, 5) is 35.3. The molecule has 0 aliphatic carbocycles. The lowest BCUT2D eigenvalue weighted by Crippen LogP contribution is -2.02. The Morgan fingerprint density at radius 1 is 0.185 bits per heavy atom. The van der Waals surface area contributed by atoms with Gasteiger partial charge in [-0.05, 0) is 131 Å². The zero-order valence-corrected chi connectivity index (χ0v) is 58.1. The van der Waals surface area contributed by atoms with Crippen LogP contribution in [0.1, 0.15) is 0 Å². The zero-order valence-electron chi connectivity index (χ0n) is 58.1. The fourth-order valence-corrected chi connectivity index (χ4v) is 16.0. The van der Waals surface area contributed by atoms with E-state index >= 15 is 0 Å². The molecule has 0 unspecified atom stereocenters. The Hall–Kier alpha value is -14.8. The average molecular weight is 1380 g/mol. The molecule has 0 fully saturated rings. The second-order valence-corrected chi connectivity index (χ2v) is 27.3. The Kier molecular flexibility index (Phi) is 14.6. The highest BCUT2D eigenvalue weighted by Gasteiger charge is 2.23. The zero-order chi connectivity index (χ0) is 71.2. The van der Waals surface area contributed by atoms with Gasteiger partial charge < -0.3 is 13.7 Å². The maximum atomic E-state index is 5.17. The van der Waals surface area contributed by atoms with E-state index in [0.717, 1.165) is 106 Å². The van der Waals surface area contributed by atoms with Crippen molar-refractivity contribution in [1.29, 1.82) is 0 Å². The van der Waals surface area contributed by atoms with Crippen molar-refractivity contribution in [2.45, 2.75) is 0 Å². The summed E-state index contributed by atoms with van der Waals surface area (Å²) in [7, 11) is 0. The number of pyridine rings is 2. The summed E-state index contributed by atoms with van der Waals surface area (Å²) < 4.78 is 9.33. The van der Waals surface area contributed by atoms with Crippen LogP contribution in [0.4, 0.5) is 0 Å². The fraction of sp³-hybridized carbons (Fsp3) is 0. The Morgan fingerprint density at radius 2 is 0.620 bits per heavy atom. The molecule has 11 nitrogen and oxygen atoms in total. The third-order valence-electron chi connectivity index (χ3n) is 21.0. The molecule has 0 saturated carbocycles. The minimum absolute atomic E-state index is 0.523. The molecule has 0 aliphatic rings. The van der Waals surface area contributed by atoms with Crippen molar-refractivity contribution < 1.29 is 0 Å². The second kappa shape index (κ2) is 25.6. The lowest BCUT2D eigenvalue weighted by molar-refractivity contribution is 1.05. The van der Waals surface area contributed by atoms with Crippen molar-refractivity contribution >= 4 is 109 Å². The van der Waals surface area contributed by atoms with Crippen LogP contribution in [0, 0.1) is 0 Å². The van der Waals surface area contributed by atoms with E-state index in [0.29, 0.717) is 29.0 Å². The van der Waals surface area contributed by atoms with Gasteiger partial charge in [-0.1, -0.05) is 249 Å². The molecule has 0 spiro atoms. The molecular formula is C97H61N11. The molecule has 0 aliphatic heterocycles. The van der Waals surface area contributed by atoms with Crippen LogP contribution in [0.3, 0.4) is 0 Å². The van der Waals surface area contributed by atoms with E-state index < -0.39 is 0 Å². The molecule has 0 radical (unpaired) electrons. The van der Waals surface area contributed by atoms with E-state index in [1.807, 2.05) is 67.0 Å². The van der Waals surface area contributed by atoms with Gasteiger partial charge >= 0.3 is 0 Å². The molecule has 504 valence electrons. The summed E-state index contributed by atoms with van der Waals surface area (Å²) in [6, 6.07) is 125. The van der Waals surface area contributed by atoms with Crippen LogP contribution in [0.2, 0.25) is 0 Å². The first-order chi connectivity index (χ1) is 53.5. The normalized spacial score (nSPS) is 11.7. The van der Waals surface area contributed by atoms with Gasteiger partial charge in [-0.25, -0.2) is 29.9 Å². The summed E-state index contributed by atoms with van der Waals surface area (Å²) in [5.41, 5.74) is 19.6. The smallest absolute Gasteiger partial charge is 0.182 e. The summed E-state index contributed by atoms with van der Waals surface area (Å²) in [6.45, 7) is 0. The summed E-state index contributed by atoms with van der Waals surface area (Å²) in [6.07, 6.45) is 3.84. The van der Waals surface area contributed by atoms with Gasteiger partial charge in [0.05, 0.1) is 67.4 Å². The Bertz CT molecular complexity index is 7260. The minimum atomic E-state index is 0.523. The third kappa shape index (κ3) is 10.5. The molecule has 8 heterocycles. The predicted molar refractivity (Wildman–Crippen MR) is 442 cm³/mol. The van der Waals surface area contributed by atoms with Crippen LogP contribution in [-0.4, -0.2) is 53.2 Å². The SMILES string of the molecule is c1ccc(-c2cc(-c3cccc4ccccc34)nc(-c3ccc(-n4c5ccccc5c5cc6c7ccccc7n(-c7ccccc7)c6cc54)nc3)n2)cc1.c1ccc(-c2nc(-c3ccc4ccccc4c3)nc(-c3ccc(-n4c5ccccc5c5cc6c7ccccc7n(-c7ccccc7)c6cc54)cn3)n2)cc1. The molecule has 22 rings (SSSR count). The van der Waals surface area contributed by atoms with Gasteiger partial charge in [-0.15, -0.1) is 0 Å². The van der Waals surface area contributed by atoms with E-state index in [4.69, 9.17) is 34.9 Å². The van der Waals surface area contributed by atoms with E-state index in [1.165, 1.54) is 64.9 Å². The van der Waals surface area contributed by atoms with Crippen molar-refractivity contribution in [2.24, 2.45) is 0 Å². The number of aromatic nitrogens is 11. The van der Waals surface area contributed by atoms with Gasteiger partial charge in [0.2, 0.25) is 0 Å². The van der Waals surface area contributed by atoms with E-state index in [9.17, 15) is 0 Å². The van der Waals surface area contributed by atoms with Gasteiger partial charge in [0.1, 0.15) is 11.5 Å². The highest BCUT2D eigenvalue weighted by atomic mass is 15.1. The number of benzene rings is 14. The standard InChI is InChI=1S/C49H31N5.C48H30N6/c1-3-15-33(16-4-1)42-29-43(37-23-13-17-32-14-7-8-20-36(32)37)52-49(51-42)34-26-27-48(50-31-34)54-45-25-12-10-22-39(45)41-28-40-38-21-9-11-24-44(38)53(46(40)30-47(41)54)35-18-5-2-6-19-35;1-3-14-32(15-4-1)46-50-47(34-24-23-31-13-7-8-16-33(31)27-34)52-48(51-46)41-26-25-36(30-49-41)54-43-22-12-10-20-38(43)40-28-39-37-19-9-11-21-42(37)53(44(39)29-45(40)54)35-17-5-2-6-18-35/h1-31H;1-30H. The van der Waals surface area contributed by atoms with E-state index in [-0.39, 0.29) is 0 Å². The average Bonchev–Trinajstić information content (AvgIpc) is 1.56. The van der Waals surface area contributed by atoms with Gasteiger partial charge in [-0.2, -0.15) is 0 Å². The van der Waals surface area contributed by atoms with Crippen LogP contribution in [0.5, 0.6) is 0 Å². The molecule has 0 N–H and O–H groups in total. The number of rotatable bonds is 10. The van der Waals surface area contributed by atoms with Gasteiger partial charge in [0.15, 0.2) is 23.3 Å². The van der Waals surface area contributed by atoms with Crippen LogP contribution in [0.15, 0.2) is 370 Å². The lowest BCUT2D eigenvalue weighted by Gasteiger charge is -2.12. The summed E-state index contributed by atoms with van der Waals surface area (Å²) in [5.74, 6) is 3.20. The number of hydrogen-bond acceptors (Lipinski definition) is 7. The molecular weight excluding hydrogens is 1320 g/mol. The molecule has 0 bridgehead atoms. The van der Waals surface area contributed by atoms with Crippen LogP contribution < -0.4 is 0 Å². The molecule has 22 aromatic rings. The molecule has 108 heavy (non-hydrogen) atoms. The minimum Gasteiger partial charge on any atom is -0.309 e. The van der Waals surface area contributed by atoms with Gasteiger partial charge in [0.25, 0.3) is 0 Å². The Morgan fingerprint density at radius 3 is 1.18 bits per heavy atom. The first-order valence-electron chi connectivity index (χ1n) is 36.3. The number of hydrogen-bond donors (Lipinski definition) is 0. The lowest BCUT2D eigenvalue weighted by atomic mass is 10.0. The molecule has 0 saturated heterocycles. The first kappa shape index (κ1) is 61.8. The monoisotopic (exact) mass is 1380 g/mol. The molecule has 8 aromatic heterocycles. The largest absolute Gasteiger partial charge is 0.309 e. The molecule has 0 atom stereocenters. The number of para-hydroxylation sites is 6. The van der Waals surface area contributed by atoms with Crippen molar-refractivity contribution in [1.82, 2.24) is 53.2 Å². The van der Waals surface area contributed by atoms with Gasteiger partial charge in [-0.3, -0.25) is 9.55 Å². The van der Waals surface area contributed by atoms with Crippen LogP contribution in [-0.2, 0) is 0 Å². The highest BCUT2D eigenvalue weighted by Crippen LogP contribution is 2.43. The maximum absolute atomic E-state index is 5.17. The Labute approximate surface area is 619 Å². The Balaban J connectivity index is 0.000000138. The quantitative estimate of drug-likeness (QED) is 0.134. The van der Waals surface area contributed by atoms with Crippen molar-refractivity contribution in [3.63, 3.8) is 0 Å². The number of fused-ring (bicyclic) bond motifs is 14. The number of nitrogens with zero attached hydrogens (tertiary/aromatic N) is 11. The van der Waals surface area contributed by atoms with E-state index in [2.05, 4.69) is 322 Å². The van der Waals surface area contributed by atoms with Crippen LogP contribution in [0.25, 0.3) is 200 Å². The van der Waals surface area contributed by atoms with Crippen LogP contribution >= 0.6 is 0 Å². The topological polar surface area (TPSA) is 110 Å². The third-order valence-corrected chi connectivity index (χ3v) is 21.0. The summed E-state index contributed by atoms with van der Waals surface area (Å²) >= 11 is 0. The molecule has 0 amide bonds. The first-order valence-corrected chi connectivity index (χ1v) is 36.3. The van der Waals surface area contributed by atoms with Crippen molar-refractivity contribution in [3.05, 3.63) is 370 Å². The second-order valence-electron chi connectivity index (χ2n) is 27.3. The summed E-state index contributed by atoms with van der Waals surface area (Å²) in [5, 5.41) is 14.3. The van der Waals surface area contributed by atoms with Crippen molar-refractivity contribution in [3.8, 4) is 91.1 Å². The predicted octanol–water partition coefficient (Wildman–Crippen LogP) is 23.8. The maximum Gasteiger partial charge on any atom is 0.182 e. The highest BCUT2D eigenvalue weighted by molar-refractivity contribution is 6.21. The van der Waals surface area contributed by atoms with Gasteiger partial charge in [0, 0.05) is 88.5 Å². The molecule has 14 aromatic carbocycles. The van der Waals surface area contributed by atoms with E-state index in [1.54, 1.807) is 0 Å². The van der Waals surface area contributed by atoms with Crippen molar-refractivity contribution in [2.75, 3.05) is 0 Å².